The molecule has 0 aliphatic heterocycles. The van der Waals surface area contributed by atoms with Crippen molar-refractivity contribution in [2.24, 2.45) is 5.92 Å². The molecule has 0 radical (unpaired) electrons. The Balaban J connectivity index is 2.82. The maximum absolute atomic E-state index is 12.3. The molecule has 0 spiro atoms. The number of carboxylic acid groups (broad SMARTS) is 1. The normalized spacial score (nSPS) is 12.2. The van der Waals surface area contributed by atoms with E-state index >= 15 is 0 Å². The molecule has 116 valence electrons. The van der Waals surface area contributed by atoms with Gasteiger partial charge in [0.2, 0.25) is 5.91 Å². The zero-order chi connectivity index (χ0) is 16.0. The zero-order valence-electron chi connectivity index (χ0n) is 12.6. The summed E-state index contributed by atoms with van der Waals surface area (Å²) in [6, 6.07) is 2.56. The minimum atomic E-state index is -0.889. The van der Waals surface area contributed by atoms with E-state index in [2.05, 4.69) is 5.32 Å². The Bertz CT molecular complexity index is 563. The first kappa shape index (κ1) is 16.9. The summed E-state index contributed by atoms with van der Waals surface area (Å²) in [6.45, 7) is 5.89. The van der Waals surface area contributed by atoms with Crippen molar-refractivity contribution < 1.29 is 14.7 Å². The number of aromatic nitrogens is 1. The second kappa shape index (κ2) is 7.61. The monoisotopic (exact) mass is 294 g/mol. The fraction of sp³-hybridized carbons (Fsp3) is 0.533. The van der Waals surface area contributed by atoms with Crippen molar-refractivity contribution in [3.63, 3.8) is 0 Å². The van der Waals surface area contributed by atoms with Crippen LogP contribution in [-0.2, 0) is 9.59 Å². The highest BCUT2D eigenvalue weighted by atomic mass is 16.4. The molecule has 0 aliphatic rings. The first-order valence-electron chi connectivity index (χ1n) is 7.01. The predicted molar refractivity (Wildman–Crippen MR) is 79.2 cm³/mol. The number of aliphatic carboxylic acids is 1. The van der Waals surface area contributed by atoms with Gasteiger partial charge < -0.3 is 15.0 Å². The van der Waals surface area contributed by atoms with Gasteiger partial charge in [-0.15, -0.1) is 0 Å². The van der Waals surface area contributed by atoms with Crippen LogP contribution in [0.4, 0.5) is 0 Å². The van der Waals surface area contributed by atoms with Crippen LogP contribution in [0.5, 0.6) is 0 Å². The second-order valence-corrected chi connectivity index (χ2v) is 5.43. The van der Waals surface area contributed by atoms with Gasteiger partial charge in [0.25, 0.3) is 5.56 Å². The average molecular weight is 294 g/mol. The molecule has 21 heavy (non-hydrogen) atoms. The molecule has 0 bridgehead atoms. The van der Waals surface area contributed by atoms with E-state index in [1.807, 2.05) is 20.8 Å². The minimum Gasteiger partial charge on any atom is -0.481 e. The molecular formula is C15H22N2O4. The number of hydrogen-bond donors (Lipinski definition) is 2. The molecule has 0 aromatic carbocycles. The van der Waals surface area contributed by atoms with Crippen molar-refractivity contribution >= 4 is 11.9 Å². The molecule has 6 nitrogen and oxygen atoms in total. The number of carboxylic acids is 1. The van der Waals surface area contributed by atoms with Gasteiger partial charge in [-0.2, -0.15) is 0 Å². The van der Waals surface area contributed by atoms with E-state index in [1.165, 1.54) is 10.6 Å². The number of pyridine rings is 1. The Labute approximate surface area is 123 Å². The number of hydrogen-bond acceptors (Lipinski definition) is 3. The largest absolute Gasteiger partial charge is 0.481 e. The number of carbonyl (C=O) groups excluding carboxylic acids is 1. The molecule has 1 atom stereocenters. The lowest BCUT2D eigenvalue weighted by Crippen LogP contribution is -2.40. The Morgan fingerprint density at radius 3 is 2.57 bits per heavy atom. The standard InChI is InChI=1S/C15H22N2O4/c1-10(2)14(15(21)16-8-4-5-13(19)20)17-9-11(3)6-7-12(17)18/h6-7,9-10,14H,4-5,8H2,1-3H3,(H,16,21)(H,19,20). The molecule has 1 aromatic rings. The summed E-state index contributed by atoms with van der Waals surface area (Å²) in [5.41, 5.74) is 0.680. The summed E-state index contributed by atoms with van der Waals surface area (Å²) < 4.78 is 1.44. The summed E-state index contributed by atoms with van der Waals surface area (Å²) in [7, 11) is 0. The van der Waals surface area contributed by atoms with Crippen molar-refractivity contribution in [2.75, 3.05) is 6.54 Å². The number of carbonyl (C=O) groups is 2. The molecule has 1 rings (SSSR count). The lowest BCUT2D eigenvalue weighted by molar-refractivity contribution is -0.137. The fourth-order valence-electron chi connectivity index (χ4n) is 2.14. The molecule has 1 aromatic heterocycles. The summed E-state index contributed by atoms with van der Waals surface area (Å²) in [5.74, 6) is -1.20. The Morgan fingerprint density at radius 1 is 1.33 bits per heavy atom. The number of nitrogens with zero attached hydrogens (tertiary/aromatic N) is 1. The van der Waals surface area contributed by atoms with Crippen LogP contribution in [-0.4, -0.2) is 28.1 Å². The van der Waals surface area contributed by atoms with Crippen molar-refractivity contribution in [1.82, 2.24) is 9.88 Å². The lowest BCUT2D eigenvalue weighted by Gasteiger charge is -2.23. The number of nitrogens with one attached hydrogen (secondary N) is 1. The van der Waals surface area contributed by atoms with Crippen LogP contribution >= 0.6 is 0 Å². The highest BCUT2D eigenvalue weighted by Gasteiger charge is 2.24. The Morgan fingerprint density at radius 2 is 2.00 bits per heavy atom. The zero-order valence-corrected chi connectivity index (χ0v) is 12.6. The van der Waals surface area contributed by atoms with Gasteiger partial charge in [-0.25, -0.2) is 0 Å². The molecular weight excluding hydrogens is 272 g/mol. The fourth-order valence-corrected chi connectivity index (χ4v) is 2.14. The molecule has 0 aliphatic carbocycles. The number of aryl methyl sites for hydroxylation is 1. The van der Waals surface area contributed by atoms with Crippen molar-refractivity contribution in [2.45, 2.75) is 39.7 Å². The van der Waals surface area contributed by atoms with Crippen LogP contribution in [0.25, 0.3) is 0 Å². The van der Waals surface area contributed by atoms with E-state index in [1.54, 1.807) is 12.3 Å². The second-order valence-electron chi connectivity index (χ2n) is 5.43. The van der Waals surface area contributed by atoms with Crippen LogP contribution in [0, 0.1) is 12.8 Å². The molecule has 0 saturated carbocycles. The molecule has 1 unspecified atom stereocenters. The molecule has 0 saturated heterocycles. The Hall–Kier alpha value is -2.11. The highest BCUT2D eigenvalue weighted by Crippen LogP contribution is 2.16. The maximum Gasteiger partial charge on any atom is 0.303 e. The smallest absolute Gasteiger partial charge is 0.303 e. The van der Waals surface area contributed by atoms with Crippen LogP contribution in [0.2, 0.25) is 0 Å². The van der Waals surface area contributed by atoms with E-state index in [-0.39, 0.29) is 30.3 Å². The van der Waals surface area contributed by atoms with Gasteiger partial charge in [-0.05, 0) is 24.8 Å². The van der Waals surface area contributed by atoms with E-state index < -0.39 is 12.0 Å². The summed E-state index contributed by atoms with van der Waals surface area (Å²) in [5, 5.41) is 11.3. The van der Waals surface area contributed by atoms with Gasteiger partial charge >= 0.3 is 5.97 Å². The maximum atomic E-state index is 12.3. The third-order valence-corrected chi connectivity index (χ3v) is 3.15. The van der Waals surface area contributed by atoms with E-state index in [0.29, 0.717) is 6.42 Å². The summed E-state index contributed by atoms with van der Waals surface area (Å²) in [4.78, 5) is 34.7. The van der Waals surface area contributed by atoms with Gasteiger partial charge in [-0.1, -0.05) is 19.9 Å². The van der Waals surface area contributed by atoms with Crippen molar-refractivity contribution in [3.8, 4) is 0 Å². The van der Waals surface area contributed by atoms with Crippen molar-refractivity contribution in [3.05, 3.63) is 34.2 Å². The topological polar surface area (TPSA) is 88.4 Å². The molecule has 2 N–H and O–H groups in total. The van der Waals surface area contributed by atoms with Gasteiger partial charge in [-0.3, -0.25) is 14.4 Å². The van der Waals surface area contributed by atoms with Gasteiger partial charge in [0.15, 0.2) is 0 Å². The Kier molecular flexibility index (Phi) is 6.14. The lowest BCUT2D eigenvalue weighted by atomic mass is 10.0. The van der Waals surface area contributed by atoms with E-state index in [0.717, 1.165) is 5.56 Å². The predicted octanol–water partition coefficient (Wildman–Crippen LogP) is 1.33. The number of rotatable bonds is 7. The molecule has 1 heterocycles. The highest BCUT2D eigenvalue weighted by molar-refractivity contribution is 5.80. The summed E-state index contributed by atoms with van der Waals surface area (Å²) in [6.07, 6.45) is 2.05. The van der Waals surface area contributed by atoms with E-state index in [9.17, 15) is 14.4 Å². The first-order valence-corrected chi connectivity index (χ1v) is 7.01. The SMILES string of the molecule is Cc1ccc(=O)n(C(C(=O)NCCCC(=O)O)C(C)C)c1. The third kappa shape index (κ3) is 5.06. The third-order valence-electron chi connectivity index (χ3n) is 3.15. The van der Waals surface area contributed by atoms with Gasteiger partial charge in [0.1, 0.15) is 6.04 Å². The molecule has 1 amide bonds. The van der Waals surface area contributed by atoms with Crippen LogP contribution in [0.15, 0.2) is 23.1 Å². The van der Waals surface area contributed by atoms with Gasteiger partial charge in [0.05, 0.1) is 0 Å². The average Bonchev–Trinajstić information content (AvgIpc) is 2.38. The summed E-state index contributed by atoms with van der Waals surface area (Å²) >= 11 is 0. The first-order chi connectivity index (χ1) is 9.82. The van der Waals surface area contributed by atoms with E-state index in [4.69, 9.17) is 5.11 Å². The minimum absolute atomic E-state index is 0.0109. The molecule has 0 fully saturated rings. The van der Waals surface area contributed by atoms with Crippen LogP contribution in [0.1, 0.15) is 38.3 Å². The van der Waals surface area contributed by atoms with Crippen molar-refractivity contribution in [1.29, 1.82) is 0 Å². The molecule has 6 heteroatoms. The van der Waals surface area contributed by atoms with Crippen LogP contribution in [0.3, 0.4) is 0 Å². The quantitative estimate of drug-likeness (QED) is 0.743. The number of amides is 1. The van der Waals surface area contributed by atoms with Crippen LogP contribution < -0.4 is 10.9 Å². The van der Waals surface area contributed by atoms with Gasteiger partial charge in [0, 0.05) is 25.2 Å².